The van der Waals surface area contributed by atoms with Crippen LogP contribution in [0.3, 0.4) is 0 Å². The molecule has 0 unspecified atom stereocenters. The molecule has 0 aromatic heterocycles. The molecule has 3 heteroatoms. The molecule has 2 aliphatic rings. The summed E-state index contributed by atoms with van der Waals surface area (Å²) in [7, 11) is 0. The SMILES string of the molecule is CC1(N2CCCCCCCCNN2)CCCCCCCCCC1. The molecule has 0 spiro atoms. The first kappa shape index (κ1) is 19.2. The molecule has 0 radical (unpaired) electrons. The molecular weight excluding hydrogens is 282 g/mol. The summed E-state index contributed by atoms with van der Waals surface area (Å²) in [5, 5.41) is 2.58. The third kappa shape index (κ3) is 7.53. The van der Waals surface area contributed by atoms with Gasteiger partial charge in [-0.25, -0.2) is 10.4 Å². The monoisotopic (exact) mass is 323 g/mol. The van der Waals surface area contributed by atoms with Crippen molar-refractivity contribution in [2.45, 2.75) is 115 Å². The van der Waals surface area contributed by atoms with E-state index in [1.54, 1.807) is 0 Å². The predicted octanol–water partition coefficient (Wildman–Crippen LogP) is 5.33. The van der Waals surface area contributed by atoms with Crippen LogP contribution in [0, 0.1) is 0 Å². The molecule has 2 N–H and O–H groups in total. The number of hydrogen-bond acceptors (Lipinski definition) is 3. The van der Waals surface area contributed by atoms with E-state index < -0.39 is 0 Å². The highest BCUT2D eigenvalue weighted by atomic mass is 15.7. The highest BCUT2D eigenvalue weighted by molar-refractivity contribution is 4.84. The lowest BCUT2D eigenvalue weighted by Crippen LogP contribution is -2.58. The van der Waals surface area contributed by atoms with Gasteiger partial charge < -0.3 is 0 Å². The number of nitrogens with zero attached hydrogens (tertiary/aromatic N) is 1. The van der Waals surface area contributed by atoms with Gasteiger partial charge in [0.2, 0.25) is 0 Å². The summed E-state index contributed by atoms with van der Waals surface area (Å²) in [6.45, 7) is 4.81. The maximum absolute atomic E-state index is 3.61. The highest BCUT2D eigenvalue weighted by Gasteiger charge is 2.31. The lowest BCUT2D eigenvalue weighted by Gasteiger charge is -2.42. The molecule has 1 aliphatic heterocycles. The predicted molar refractivity (Wildman–Crippen MR) is 100 cm³/mol. The Bertz CT molecular complexity index is 269. The van der Waals surface area contributed by atoms with Gasteiger partial charge >= 0.3 is 0 Å². The van der Waals surface area contributed by atoms with E-state index in [-0.39, 0.29) is 0 Å². The molecule has 0 aromatic carbocycles. The molecule has 3 nitrogen and oxygen atoms in total. The van der Waals surface area contributed by atoms with Crippen LogP contribution >= 0.6 is 0 Å². The van der Waals surface area contributed by atoms with Crippen molar-refractivity contribution in [3.05, 3.63) is 0 Å². The zero-order valence-corrected chi connectivity index (χ0v) is 15.7. The number of hydrogen-bond donors (Lipinski definition) is 2. The smallest absolute Gasteiger partial charge is 0.0339 e. The number of nitrogens with one attached hydrogen (secondary N) is 2. The zero-order chi connectivity index (χ0) is 16.2. The van der Waals surface area contributed by atoms with Crippen LogP contribution in [0.15, 0.2) is 0 Å². The van der Waals surface area contributed by atoms with E-state index in [2.05, 4.69) is 22.9 Å². The van der Waals surface area contributed by atoms with Crippen LogP contribution in [-0.4, -0.2) is 23.6 Å². The van der Waals surface area contributed by atoms with Crippen LogP contribution in [0.2, 0.25) is 0 Å². The van der Waals surface area contributed by atoms with E-state index in [0.29, 0.717) is 5.54 Å². The fourth-order valence-corrected chi connectivity index (χ4v) is 4.27. The Labute approximate surface area is 144 Å². The molecule has 0 bridgehead atoms. The Balaban J connectivity index is 1.94. The van der Waals surface area contributed by atoms with Gasteiger partial charge in [0.25, 0.3) is 0 Å². The van der Waals surface area contributed by atoms with Gasteiger partial charge in [0, 0.05) is 18.6 Å². The second-order valence-electron chi connectivity index (χ2n) is 8.14. The second-order valence-corrected chi connectivity index (χ2v) is 8.14. The summed E-state index contributed by atoms with van der Waals surface area (Å²) in [5.74, 6) is 0. The largest absolute Gasteiger partial charge is 0.244 e. The van der Waals surface area contributed by atoms with Gasteiger partial charge in [-0.2, -0.15) is 5.53 Å². The summed E-state index contributed by atoms with van der Waals surface area (Å²) >= 11 is 0. The molecule has 1 saturated carbocycles. The first-order chi connectivity index (χ1) is 11.3. The summed E-state index contributed by atoms with van der Waals surface area (Å²) in [4.78, 5) is 0. The van der Waals surface area contributed by atoms with Crippen LogP contribution in [0.25, 0.3) is 0 Å². The van der Waals surface area contributed by atoms with Crippen molar-refractivity contribution in [1.29, 1.82) is 0 Å². The average Bonchev–Trinajstić information content (AvgIpc) is 2.64. The minimum Gasteiger partial charge on any atom is -0.244 e. The van der Waals surface area contributed by atoms with Gasteiger partial charge in [0.05, 0.1) is 0 Å². The summed E-state index contributed by atoms with van der Waals surface area (Å²) in [6, 6.07) is 0. The molecule has 2 rings (SSSR count). The Morgan fingerprint density at radius 1 is 0.609 bits per heavy atom. The van der Waals surface area contributed by atoms with E-state index >= 15 is 0 Å². The maximum Gasteiger partial charge on any atom is 0.0339 e. The molecule has 1 saturated heterocycles. The van der Waals surface area contributed by atoms with Gasteiger partial charge in [0.15, 0.2) is 0 Å². The first-order valence-electron chi connectivity index (χ1n) is 10.6. The van der Waals surface area contributed by atoms with E-state index in [0.717, 1.165) is 6.54 Å². The normalized spacial score (nSPS) is 27.5. The van der Waals surface area contributed by atoms with Gasteiger partial charge in [-0.1, -0.05) is 77.0 Å². The molecule has 136 valence electrons. The van der Waals surface area contributed by atoms with Crippen molar-refractivity contribution in [2.24, 2.45) is 0 Å². The van der Waals surface area contributed by atoms with Crippen molar-refractivity contribution >= 4 is 0 Å². The van der Waals surface area contributed by atoms with Gasteiger partial charge in [0.1, 0.15) is 0 Å². The topological polar surface area (TPSA) is 27.3 Å². The van der Waals surface area contributed by atoms with E-state index in [9.17, 15) is 0 Å². The zero-order valence-electron chi connectivity index (χ0n) is 15.7. The molecular formula is C20H41N3. The molecule has 1 aliphatic carbocycles. The Morgan fingerprint density at radius 2 is 1.09 bits per heavy atom. The highest BCUT2D eigenvalue weighted by Crippen LogP contribution is 2.29. The lowest BCUT2D eigenvalue weighted by molar-refractivity contribution is 0.00863. The quantitative estimate of drug-likeness (QED) is 0.683. The van der Waals surface area contributed by atoms with Crippen LogP contribution in [0.4, 0.5) is 0 Å². The molecule has 0 aromatic rings. The Morgan fingerprint density at radius 3 is 1.70 bits per heavy atom. The minimum atomic E-state index is 0.325. The Hall–Kier alpha value is -0.120. The summed E-state index contributed by atoms with van der Waals surface area (Å²) < 4.78 is 0. The number of rotatable bonds is 1. The summed E-state index contributed by atoms with van der Waals surface area (Å²) in [6.07, 6.45) is 22.4. The summed E-state index contributed by atoms with van der Waals surface area (Å²) in [5.41, 5.74) is 7.44. The van der Waals surface area contributed by atoms with Crippen molar-refractivity contribution in [3.8, 4) is 0 Å². The fraction of sp³-hybridized carbons (Fsp3) is 1.00. The first-order valence-corrected chi connectivity index (χ1v) is 10.6. The van der Waals surface area contributed by atoms with Crippen molar-refractivity contribution in [3.63, 3.8) is 0 Å². The second kappa shape index (κ2) is 11.4. The lowest BCUT2D eigenvalue weighted by atomic mass is 9.87. The third-order valence-corrected chi connectivity index (χ3v) is 5.98. The van der Waals surface area contributed by atoms with Gasteiger partial charge in [-0.3, -0.25) is 0 Å². The van der Waals surface area contributed by atoms with Gasteiger partial charge in [-0.15, -0.1) is 0 Å². The van der Waals surface area contributed by atoms with Crippen molar-refractivity contribution in [2.75, 3.05) is 13.1 Å². The maximum atomic E-state index is 3.61. The van der Waals surface area contributed by atoms with Crippen LogP contribution < -0.4 is 11.0 Å². The average molecular weight is 324 g/mol. The Kier molecular flexibility index (Phi) is 9.55. The standard InChI is InChI=1S/C20H41N3/c1-20(16-12-8-4-2-3-5-9-13-17-20)23-19-15-11-7-6-10-14-18-21-22-23/h21-22H,2-19H2,1H3. The molecule has 23 heavy (non-hydrogen) atoms. The van der Waals surface area contributed by atoms with E-state index in [1.807, 2.05) is 0 Å². The molecule has 0 amide bonds. The van der Waals surface area contributed by atoms with E-state index in [1.165, 1.54) is 109 Å². The number of hydrazine groups is 2. The van der Waals surface area contributed by atoms with Gasteiger partial charge in [-0.05, 0) is 32.6 Å². The van der Waals surface area contributed by atoms with Crippen LogP contribution in [0.1, 0.15) is 110 Å². The van der Waals surface area contributed by atoms with E-state index in [4.69, 9.17) is 0 Å². The third-order valence-electron chi connectivity index (χ3n) is 5.98. The van der Waals surface area contributed by atoms with Crippen molar-refractivity contribution in [1.82, 2.24) is 16.0 Å². The minimum absolute atomic E-state index is 0.325. The fourth-order valence-electron chi connectivity index (χ4n) is 4.27. The molecule has 0 atom stereocenters. The molecule has 2 fully saturated rings. The van der Waals surface area contributed by atoms with Crippen LogP contribution in [0.5, 0.6) is 0 Å². The van der Waals surface area contributed by atoms with Crippen molar-refractivity contribution < 1.29 is 0 Å². The molecule has 1 heterocycles. The van der Waals surface area contributed by atoms with Crippen LogP contribution in [-0.2, 0) is 0 Å².